The van der Waals surface area contributed by atoms with Gasteiger partial charge < -0.3 is 9.47 Å². The summed E-state index contributed by atoms with van der Waals surface area (Å²) in [6.07, 6.45) is 2.71. The number of alkyl halides is 2. The maximum atomic E-state index is 13.0. The highest BCUT2D eigenvalue weighted by atomic mass is 35.5. The lowest BCUT2D eigenvalue weighted by atomic mass is 9.80. The number of carbonyl (C=O) groups is 2. The summed E-state index contributed by atoms with van der Waals surface area (Å²) in [7, 11) is 0. The first kappa shape index (κ1) is 24.0. The topological polar surface area (TPSA) is 52.6 Å². The van der Waals surface area contributed by atoms with Crippen LogP contribution in [-0.2, 0) is 19.1 Å². The Balaban J connectivity index is 1.52. The number of hydrogen-bond acceptors (Lipinski definition) is 4. The highest BCUT2D eigenvalue weighted by Gasteiger charge is 2.29. The summed E-state index contributed by atoms with van der Waals surface area (Å²) in [6.45, 7) is 2.39. The first-order chi connectivity index (χ1) is 14.7. The lowest BCUT2D eigenvalue weighted by Gasteiger charge is -2.31. The number of halogens is 3. The highest BCUT2D eigenvalue weighted by Crippen LogP contribution is 2.40. The molecule has 2 aliphatic rings. The third-order valence-electron chi connectivity index (χ3n) is 6.50. The van der Waals surface area contributed by atoms with E-state index in [1.54, 1.807) is 0 Å². The van der Waals surface area contributed by atoms with Gasteiger partial charge in [-0.05, 0) is 94.2 Å². The monoisotopic (exact) mass is 456 g/mol. The molecule has 0 N–H and O–H groups in total. The minimum Gasteiger partial charge on any atom is -0.460 e. The summed E-state index contributed by atoms with van der Waals surface area (Å²) in [6, 6.07) is 6.25. The van der Waals surface area contributed by atoms with E-state index in [1.165, 1.54) is 19.4 Å². The van der Waals surface area contributed by atoms with Gasteiger partial charge in [0, 0.05) is 5.02 Å². The Morgan fingerprint density at radius 1 is 0.839 bits per heavy atom. The quantitative estimate of drug-likeness (QED) is 0.478. The van der Waals surface area contributed by atoms with Crippen LogP contribution in [0.5, 0.6) is 0 Å². The summed E-state index contributed by atoms with van der Waals surface area (Å²) >= 11 is 6.63. The number of benzene rings is 1. The molecule has 4 nitrogen and oxygen atoms in total. The van der Waals surface area contributed by atoms with Crippen LogP contribution in [0.1, 0.15) is 88.2 Å². The second-order valence-electron chi connectivity index (χ2n) is 8.83. The van der Waals surface area contributed by atoms with Crippen molar-refractivity contribution in [1.29, 1.82) is 0 Å². The predicted octanol–water partition coefficient (Wildman–Crippen LogP) is 6.19. The van der Waals surface area contributed by atoms with Crippen molar-refractivity contribution in [2.45, 2.75) is 102 Å². The van der Waals surface area contributed by atoms with E-state index in [9.17, 15) is 18.4 Å². The summed E-state index contributed by atoms with van der Waals surface area (Å²) in [4.78, 5) is 22.9. The minimum absolute atomic E-state index is 0.207. The van der Waals surface area contributed by atoms with Crippen molar-refractivity contribution < 1.29 is 27.8 Å². The molecule has 2 aliphatic carbocycles. The van der Waals surface area contributed by atoms with E-state index in [0.717, 1.165) is 49.1 Å². The molecule has 172 valence electrons. The Morgan fingerprint density at radius 2 is 1.29 bits per heavy atom. The second-order valence-corrected chi connectivity index (χ2v) is 9.24. The van der Waals surface area contributed by atoms with Crippen molar-refractivity contribution in [1.82, 2.24) is 0 Å². The zero-order valence-corrected chi connectivity index (χ0v) is 18.9. The number of ether oxygens (including phenoxy) is 2. The lowest BCUT2D eigenvalue weighted by molar-refractivity contribution is -0.156. The van der Waals surface area contributed by atoms with Gasteiger partial charge in [-0.2, -0.15) is 0 Å². The number of carbonyl (C=O) groups excluding carboxylic acids is 2. The van der Waals surface area contributed by atoms with Crippen LogP contribution in [0, 0.1) is 0 Å². The fourth-order valence-corrected chi connectivity index (χ4v) is 4.99. The van der Waals surface area contributed by atoms with Crippen molar-refractivity contribution in [2.75, 3.05) is 0 Å². The molecule has 0 saturated heterocycles. The Morgan fingerprint density at radius 3 is 1.71 bits per heavy atom. The van der Waals surface area contributed by atoms with Crippen LogP contribution in [-0.4, -0.2) is 36.5 Å². The molecule has 2 saturated carbocycles. The van der Waals surface area contributed by atoms with Crippen LogP contribution in [0.25, 0.3) is 0 Å². The van der Waals surface area contributed by atoms with Gasteiger partial charge in [-0.3, -0.25) is 0 Å². The summed E-state index contributed by atoms with van der Waals surface area (Å²) in [5.74, 6) is -0.909. The Bertz CT molecular complexity index is 767. The van der Waals surface area contributed by atoms with Crippen LogP contribution in [0.15, 0.2) is 18.2 Å². The molecule has 0 heterocycles. The lowest BCUT2D eigenvalue weighted by Crippen LogP contribution is -2.27. The van der Waals surface area contributed by atoms with Crippen molar-refractivity contribution in [3.05, 3.63) is 34.3 Å². The average molecular weight is 457 g/mol. The predicted molar refractivity (Wildman–Crippen MR) is 115 cm³/mol. The molecule has 0 amide bonds. The summed E-state index contributed by atoms with van der Waals surface area (Å²) in [5.41, 5.74) is 2.28. The number of hydrogen-bond donors (Lipinski definition) is 0. The third kappa shape index (κ3) is 6.41. The van der Waals surface area contributed by atoms with E-state index in [0.29, 0.717) is 24.7 Å². The summed E-state index contributed by atoms with van der Waals surface area (Å²) in [5, 5.41) is 0.745. The van der Waals surface area contributed by atoms with Gasteiger partial charge in [-0.1, -0.05) is 23.7 Å². The van der Waals surface area contributed by atoms with Gasteiger partial charge in [-0.15, -0.1) is 0 Å². The van der Waals surface area contributed by atoms with Crippen LogP contribution >= 0.6 is 11.6 Å². The highest BCUT2D eigenvalue weighted by molar-refractivity contribution is 6.31. The van der Waals surface area contributed by atoms with E-state index < -0.39 is 24.3 Å². The zero-order valence-electron chi connectivity index (χ0n) is 18.1. The standard InChI is InChI=1S/C24H31ClF2O4/c1-14(26)23(28)30-19-8-3-16(4-9-19)18-7-12-21(22(25)13-18)17-5-10-20(11-6-17)31-24(29)15(2)27/h7,12-17,19-20H,3-6,8-11H2,1-2H3/t14-,15-,16?,17?,19?,20?/m0/s1. The SMILES string of the molecule is C[C@H](F)C(=O)OC1CCC(c2ccc(C3CCC(OC(=O)[C@H](C)F)CC3)c(Cl)c2)CC1. The second kappa shape index (κ2) is 10.8. The van der Waals surface area contributed by atoms with Crippen LogP contribution < -0.4 is 0 Å². The summed E-state index contributed by atoms with van der Waals surface area (Å²) < 4.78 is 36.5. The van der Waals surface area contributed by atoms with E-state index in [4.69, 9.17) is 21.1 Å². The van der Waals surface area contributed by atoms with Crippen molar-refractivity contribution in [3.8, 4) is 0 Å². The van der Waals surface area contributed by atoms with Gasteiger partial charge in [0.05, 0.1) is 0 Å². The smallest absolute Gasteiger partial charge is 0.340 e. The van der Waals surface area contributed by atoms with Gasteiger partial charge in [-0.25, -0.2) is 18.4 Å². The molecule has 1 aromatic carbocycles. The molecule has 1 aromatic rings. The van der Waals surface area contributed by atoms with Crippen molar-refractivity contribution >= 4 is 23.5 Å². The zero-order chi connectivity index (χ0) is 22.5. The first-order valence-electron chi connectivity index (χ1n) is 11.2. The molecule has 31 heavy (non-hydrogen) atoms. The molecule has 0 unspecified atom stereocenters. The van der Waals surface area contributed by atoms with E-state index in [1.807, 2.05) is 6.07 Å². The fraction of sp³-hybridized carbons (Fsp3) is 0.667. The van der Waals surface area contributed by atoms with Crippen molar-refractivity contribution in [2.24, 2.45) is 0 Å². The largest absolute Gasteiger partial charge is 0.460 e. The molecular formula is C24H31ClF2O4. The maximum absolute atomic E-state index is 13.0. The van der Waals surface area contributed by atoms with Crippen molar-refractivity contribution in [3.63, 3.8) is 0 Å². The van der Waals surface area contributed by atoms with E-state index in [2.05, 4.69) is 12.1 Å². The van der Waals surface area contributed by atoms with Crippen LogP contribution in [0.3, 0.4) is 0 Å². The molecular weight excluding hydrogens is 426 g/mol. The first-order valence-corrected chi connectivity index (χ1v) is 11.6. The van der Waals surface area contributed by atoms with Gasteiger partial charge in [0.15, 0.2) is 12.3 Å². The van der Waals surface area contributed by atoms with Crippen LogP contribution in [0.4, 0.5) is 8.78 Å². The van der Waals surface area contributed by atoms with E-state index >= 15 is 0 Å². The Hall–Kier alpha value is -1.69. The number of rotatable bonds is 6. The molecule has 0 aromatic heterocycles. The van der Waals surface area contributed by atoms with Gasteiger partial charge >= 0.3 is 11.9 Å². The average Bonchev–Trinajstić information content (AvgIpc) is 2.74. The molecule has 0 aliphatic heterocycles. The molecule has 2 fully saturated rings. The van der Waals surface area contributed by atoms with E-state index in [-0.39, 0.29) is 12.2 Å². The Labute approximate surface area is 187 Å². The molecule has 2 atom stereocenters. The Kier molecular flexibility index (Phi) is 8.31. The number of esters is 2. The van der Waals surface area contributed by atoms with Gasteiger partial charge in [0.1, 0.15) is 12.2 Å². The molecule has 7 heteroatoms. The minimum atomic E-state index is -1.59. The van der Waals surface area contributed by atoms with Gasteiger partial charge in [0.25, 0.3) is 0 Å². The molecule has 0 spiro atoms. The fourth-order valence-electron chi connectivity index (χ4n) is 4.65. The molecule has 3 rings (SSSR count). The normalized spacial score (nSPS) is 28.4. The maximum Gasteiger partial charge on any atom is 0.340 e. The van der Waals surface area contributed by atoms with Crippen LogP contribution in [0.2, 0.25) is 5.02 Å². The van der Waals surface area contributed by atoms with Gasteiger partial charge in [0.2, 0.25) is 0 Å². The molecule has 0 bridgehead atoms. The third-order valence-corrected chi connectivity index (χ3v) is 6.83. The molecule has 0 radical (unpaired) electrons.